The van der Waals surface area contributed by atoms with Crippen LogP contribution in [0.1, 0.15) is 27.4 Å². The van der Waals surface area contributed by atoms with Gasteiger partial charge in [0.15, 0.2) is 11.7 Å². The smallest absolute Gasteiger partial charge is 0.302 e. The van der Waals surface area contributed by atoms with Gasteiger partial charge >= 0.3 is 5.91 Å². The van der Waals surface area contributed by atoms with Gasteiger partial charge in [-0.2, -0.15) is 13.4 Å². The molecule has 25 heavy (non-hydrogen) atoms. The summed E-state index contributed by atoms with van der Waals surface area (Å²) in [5, 5.41) is 0. The second-order valence-corrected chi connectivity index (χ2v) is 6.78. The number of oxazole rings is 1. The summed E-state index contributed by atoms with van der Waals surface area (Å²) >= 11 is 0. The first-order chi connectivity index (χ1) is 11.4. The minimum atomic E-state index is -3.67. The lowest BCUT2D eigenvalue weighted by atomic mass is 10.1. The number of nitrogens with zero attached hydrogens (tertiary/aromatic N) is 2. The fraction of sp³-hybridized carbons (Fsp3) is 0.267. The van der Waals surface area contributed by atoms with E-state index in [0.717, 1.165) is 16.7 Å². The Labute approximate surface area is 145 Å². The Kier molecular flexibility index (Phi) is 6.42. The van der Waals surface area contributed by atoms with E-state index < -0.39 is 16.0 Å². The van der Waals surface area contributed by atoms with Gasteiger partial charge in [0.1, 0.15) is 5.76 Å². The maximum Gasteiger partial charge on any atom is 0.302 e. The lowest BCUT2D eigenvalue weighted by molar-refractivity contribution is 0.0997. The molecule has 1 aromatic heterocycles. The molecule has 10 heteroatoms. The van der Waals surface area contributed by atoms with Crippen molar-refractivity contribution in [3.63, 3.8) is 0 Å². The molecule has 1 amide bonds. The molecule has 0 unspecified atom stereocenters. The number of nitrogens with two attached hydrogens (primary N) is 2. The van der Waals surface area contributed by atoms with Crippen LogP contribution in [0, 0.1) is 20.8 Å². The molecule has 0 aliphatic heterocycles. The number of hydrogen-bond donors (Lipinski definition) is 3. The minimum Gasteiger partial charge on any atom is -0.441 e. The number of amides is 1. The van der Waals surface area contributed by atoms with Gasteiger partial charge in [-0.05, 0) is 32.4 Å². The van der Waals surface area contributed by atoms with E-state index in [-0.39, 0.29) is 11.7 Å². The van der Waals surface area contributed by atoms with Crippen LogP contribution in [0.2, 0.25) is 0 Å². The average Bonchev–Trinajstić information content (AvgIpc) is 2.81. The van der Waals surface area contributed by atoms with Crippen molar-refractivity contribution in [1.29, 1.82) is 0 Å². The van der Waals surface area contributed by atoms with Crippen molar-refractivity contribution in [2.24, 2.45) is 16.5 Å². The molecular formula is C15H20N4O5S. The fourth-order valence-electron chi connectivity index (χ4n) is 1.85. The lowest BCUT2D eigenvalue weighted by Crippen LogP contribution is -2.24. The van der Waals surface area contributed by atoms with Gasteiger partial charge in [-0.25, -0.2) is 4.98 Å². The van der Waals surface area contributed by atoms with Crippen molar-refractivity contribution in [1.82, 2.24) is 4.98 Å². The zero-order valence-electron chi connectivity index (χ0n) is 14.3. The molecule has 0 bridgehead atoms. The summed E-state index contributed by atoms with van der Waals surface area (Å²) < 4.78 is 31.4. The Morgan fingerprint density at radius 1 is 1.24 bits per heavy atom. The number of rotatable bonds is 2. The molecule has 0 radical (unpaired) electrons. The number of carbonyl (C=O) groups excluding carboxylic acids is 1. The maximum atomic E-state index is 11.8. The van der Waals surface area contributed by atoms with Crippen LogP contribution in [0.25, 0.3) is 11.5 Å². The molecule has 1 aromatic carbocycles. The van der Waals surface area contributed by atoms with E-state index >= 15 is 0 Å². The molecular weight excluding hydrogens is 348 g/mol. The number of hydrogen-bond acceptors (Lipinski definition) is 5. The van der Waals surface area contributed by atoms with Gasteiger partial charge in [0.25, 0.3) is 10.1 Å². The molecule has 0 aliphatic rings. The average molecular weight is 368 g/mol. The first kappa shape index (κ1) is 20.3. The largest absolute Gasteiger partial charge is 0.441 e. The normalized spacial score (nSPS) is 10.6. The second kappa shape index (κ2) is 7.90. The summed E-state index contributed by atoms with van der Waals surface area (Å²) in [5.74, 6) is -0.137. The first-order valence-electron chi connectivity index (χ1n) is 7.00. The second-order valence-electron chi connectivity index (χ2n) is 5.32. The van der Waals surface area contributed by atoms with Gasteiger partial charge in [0.05, 0.1) is 6.26 Å². The summed E-state index contributed by atoms with van der Waals surface area (Å²) in [6.45, 7) is 5.58. The highest BCUT2D eigenvalue weighted by Crippen LogP contribution is 2.26. The molecule has 0 saturated carbocycles. The molecule has 0 saturated heterocycles. The molecule has 0 spiro atoms. The summed E-state index contributed by atoms with van der Waals surface area (Å²) in [5.41, 5.74) is 13.4. The van der Waals surface area contributed by atoms with Crippen molar-refractivity contribution < 1.29 is 22.2 Å². The van der Waals surface area contributed by atoms with Crippen LogP contribution in [0.5, 0.6) is 0 Å². The van der Waals surface area contributed by atoms with Crippen LogP contribution < -0.4 is 11.5 Å². The van der Waals surface area contributed by atoms with E-state index in [1.165, 1.54) is 0 Å². The molecule has 0 aliphatic carbocycles. The highest BCUT2D eigenvalue weighted by atomic mass is 32.2. The van der Waals surface area contributed by atoms with Crippen LogP contribution in [-0.2, 0) is 10.1 Å². The Morgan fingerprint density at radius 3 is 2.32 bits per heavy atom. The topological polar surface area (TPSA) is 162 Å². The van der Waals surface area contributed by atoms with Gasteiger partial charge in [0.2, 0.25) is 5.89 Å². The van der Waals surface area contributed by atoms with Crippen LogP contribution >= 0.6 is 0 Å². The number of aliphatic imine (C=N–C) groups is 1. The van der Waals surface area contributed by atoms with Crippen molar-refractivity contribution in [3.05, 3.63) is 40.8 Å². The third-order valence-electron chi connectivity index (χ3n) is 2.85. The third kappa shape index (κ3) is 6.73. The molecule has 0 fully saturated rings. The number of guanidine groups is 1. The summed E-state index contributed by atoms with van der Waals surface area (Å²) in [4.78, 5) is 19.5. The van der Waals surface area contributed by atoms with E-state index in [2.05, 4.69) is 9.98 Å². The van der Waals surface area contributed by atoms with Crippen LogP contribution in [-0.4, -0.2) is 36.1 Å². The van der Waals surface area contributed by atoms with Crippen LogP contribution in [0.15, 0.2) is 27.6 Å². The SMILES string of the molecule is CS(=O)(=O)O.Cc1ccc(C)c(-c2nc(C(=O)N=C(N)N)c(C)o2)c1. The number of carbonyl (C=O) groups is 1. The van der Waals surface area contributed by atoms with Crippen LogP contribution in [0.4, 0.5) is 0 Å². The lowest BCUT2D eigenvalue weighted by Gasteiger charge is -2.02. The molecule has 136 valence electrons. The minimum absolute atomic E-state index is 0.120. The summed E-state index contributed by atoms with van der Waals surface area (Å²) in [7, 11) is -3.67. The zero-order chi connectivity index (χ0) is 19.4. The quantitative estimate of drug-likeness (QED) is 0.404. The molecule has 0 atom stereocenters. The van der Waals surface area contributed by atoms with E-state index in [4.69, 9.17) is 20.4 Å². The van der Waals surface area contributed by atoms with Crippen molar-refractivity contribution in [2.45, 2.75) is 20.8 Å². The number of aryl methyl sites for hydroxylation is 3. The highest BCUT2D eigenvalue weighted by Gasteiger charge is 2.18. The van der Waals surface area contributed by atoms with Crippen molar-refractivity contribution in [3.8, 4) is 11.5 Å². The van der Waals surface area contributed by atoms with Crippen LogP contribution in [0.3, 0.4) is 0 Å². The summed E-state index contributed by atoms with van der Waals surface area (Å²) in [6, 6.07) is 5.93. The van der Waals surface area contributed by atoms with E-state index in [0.29, 0.717) is 17.9 Å². The van der Waals surface area contributed by atoms with E-state index in [1.54, 1.807) is 6.92 Å². The van der Waals surface area contributed by atoms with E-state index in [1.807, 2.05) is 32.0 Å². The van der Waals surface area contributed by atoms with Gasteiger partial charge in [0, 0.05) is 5.56 Å². The van der Waals surface area contributed by atoms with Crippen molar-refractivity contribution in [2.75, 3.05) is 6.26 Å². The van der Waals surface area contributed by atoms with Gasteiger partial charge < -0.3 is 15.9 Å². The number of aromatic nitrogens is 1. The molecule has 1 heterocycles. The first-order valence-corrected chi connectivity index (χ1v) is 8.84. The Bertz CT molecular complexity index is 904. The predicted octanol–water partition coefficient (Wildman–Crippen LogP) is 1.18. The maximum absolute atomic E-state index is 11.8. The standard InChI is InChI=1S/C14H16N4O2.CH4O3S/c1-7-4-5-8(2)10(6-7)13-17-11(9(3)20-13)12(19)18-14(15)16;1-5(2,3)4/h4-6H,1-3H3,(H4,15,16,18,19);1H3,(H,2,3,4). The van der Waals surface area contributed by atoms with Gasteiger partial charge in [-0.15, -0.1) is 0 Å². The highest BCUT2D eigenvalue weighted by molar-refractivity contribution is 7.85. The molecule has 9 nitrogen and oxygen atoms in total. The third-order valence-corrected chi connectivity index (χ3v) is 2.85. The van der Waals surface area contributed by atoms with E-state index in [9.17, 15) is 13.2 Å². The Morgan fingerprint density at radius 2 is 1.80 bits per heavy atom. The monoisotopic (exact) mass is 368 g/mol. The fourth-order valence-corrected chi connectivity index (χ4v) is 1.85. The van der Waals surface area contributed by atoms with Crippen molar-refractivity contribution >= 4 is 22.0 Å². The Hall–Kier alpha value is -2.72. The Balaban J connectivity index is 0.000000550. The van der Waals surface area contributed by atoms with Gasteiger partial charge in [-0.1, -0.05) is 17.7 Å². The predicted molar refractivity (Wildman–Crippen MR) is 93.8 cm³/mol. The zero-order valence-corrected chi connectivity index (χ0v) is 15.1. The molecule has 2 rings (SSSR count). The number of benzene rings is 1. The van der Waals surface area contributed by atoms with Gasteiger partial charge in [-0.3, -0.25) is 9.35 Å². The molecule has 5 N–H and O–H groups in total. The summed E-state index contributed by atoms with van der Waals surface area (Å²) in [6.07, 6.45) is 0.715. The molecule has 2 aromatic rings.